The maximum atomic E-state index is 15.9. The minimum absolute atomic E-state index is 0.0732. The Morgan fingerprint density at radius 3 is 2.62 bits per heavy atom. The summed E-state index contributed by atoms with van der Waals surface area (Å²) >= 11 is 12.8. The number of aromatic nitrogens is 2. The van der Waals surface area contributed by atoms with Gasteiger partial charge in [-0.15, -0.1) is 0 Å². The minimum Gasteiger partial charge on any atom is -0.312 e. The smallest absolute Gasteiger partial charge is 0.273 e. The number of hydrogen-bond acceptors (Lipinski definition) is 4. The first-order valence-corrected chi connectivity index (χ1v) is 14.7. The third-order valence-electron chi connectivity index (χ3n) is 8.43. The molecular formula is C33H33Cl2FN4O2. The lowest BCUT2D eigenvalue weighted by Crippen LogP contribution is -2.33. The summed E-state index contributed by atoms with van der Waals surface area (Å²) in [6, 6.07) is 8.71. The topological polar surface area (TPSA) is 67.6 Å². The fraction of sp³-hybridized carbons (Fsp3) is 0.333. The molecular weight excluding hydrogens is 574 g/mol. The van der Waals surface area contributed by atoms with Crippen LogP contribution in [0.5, 0.6) is 0 Å². The monoisotopic (exact) mass is 606 g/mol. The Morgan fingerprint density at radius 2 is 1.95 bits per heavy atom. The van der Waals surface area contributed by atoms with E-state index in [0.717, 1.165) is 24.0 Å². The molecule has 0 saturated heterocycles. The average Bonchev–Trinajstić information content (AvgIpc) is 3.88. The van der Waals surface area contributed by atoms with Crippen LogP contribution in [0, 0.1) is 24.1 Å². The summed E-state index contributed by atoms with van der Waals surface area (Å²) in [7, 11) is 1.59. The second-order valence-corrected chi connectivity index (χ2v) is 12.3. The van der Waals surface area contributed by atoms with Gasteiger partial charge < -0.3 is 4.90 Å². The van der Waals surface area contributed by atoms with E-state index in [1.165, 1.54) is 9.47 Å². The van der Waals surface area contributed by atoms with Crippen LogP contribution >= 0.6 is 23.2 Å². The zero-order valence-electron chi connectivity index (χ0n) is 24.2. The lowest BCUT2D eigenvalue weighted by atomic mass is 10.0. The number of nitrogens with zero attached hydrogens (tertiary/aromatic N) is 4. The molecule has 0 radical (unpaired) electrons. The molecule has 2 heterocycles. The van der Waals surface area contributed by atoms with Gasteiger partial charge in [0, 0.05) is 48.5 Å². The van der Waals surface area contributed by atoms with Gasteiger partial charge in [0.15, 0.2) is 5.82 Å². The van der Waals surface area contributed by atoms with Crippen molar-refractivity contribution in [2.45, 2.75) is 52.4 Å². The third-order valence-corrected chi connectivity index (χ3v) is 9.02. The number of anilines is 1. The summed E-state index contributed by atoms with van der Waals surface area (Å²) in [5, 5.41) is 0.717. The van der Waals surface area contributed by atoms with Gasteiger partial charge >= 0.3 is 0 Å². The number of benzene rings is 1. The number of aryl methyl sites for hydroxylation is 1. The lowest BCUT2D eigenvalue weighted by molar-refractivity contribution is -0.122. The van der Waals surface area contributed by atoms with Crippen molar-refractivity contribution in [3.8, 4) is 0 Å². The fourth-order valence-corrected chi connectivity index (χ4v) is 6.08. The number of pyridine rings is 2. The Morgan fingerprint density at radius 1 is 1.21 bits per heavy atom. The van der Waals surface area contributed by atoms with E-state index in [-0.39, 0.29) is 45.5 Å². The molecule has 0 aliphatic heterocycles. The second kappa shape index (κ2) is 11.6. The van der Waals surface area contributed by atoms with E-state index in [9.17, 15) is 9.59 Å². The van der Waals surface area contributed by atoms with Crippen LogP contribution in [0.4, 0.5) is 10.1 Å². The Labute approximate surface area is 255 Å². The molecule has 42 heavy (non-hydrogen) atoms. The van der Waals surface area contributed by atoms with Crippen LogP contribution < -0.4 is 10.5 Å². The van der Waals surface area contributed by atoms with Gasteiger partial charge in [-0.3, -0.25) is 24.1 Å². The quantitative estimate of drug-likeness (QED) is 0.246. The van der Waals surface area contributed by atoms with Crippen LogP contribution in [0.2, 0.25) is 10.0 Å². The first-order chi connectivity index (χ1) is 20.0. The molecule has 3 unspecified atom stereocenters. The van der Waals surface area contributed by atoms with Crippen molar-refractivity contribution >= 4 is 46.7 Å². The molecule has 218 valence electrons. The standard InChI is InChI=1S/C33H33Cl2FN4O2/c1-6-13-38-25(23-8-7-9-26(30(23)36)39(5)32(42)33(4)11-12-33)10-14-40-19(2)15-24(29(35)31(40)41)28-20(3)27(28)21-16-22(34)18-37-17-21/h6-10,13-18,20,27-28H,11-12H2,1-5H3/b13-6+,14-10+,38-25-. The molecule has 0 spiro atoms. The highest BCUT2D eigenvalue weighted by Crippen LogP contribution is 2.61. The van der Waals surface area contributed by atoms with Gasteiger partial charge in [0.25, 0.3) is 5.56 Å². The molecule has 0 bridgehead atoms. The molecule has 1 amide bonds. The summed E-state index contributed by atoms with van der Waals surface area (Å²) < 4.78 is 17.3. The number of allylic oxidation sites excluding steroid dienone is 2. The Kier molecular flexibility index (Phi) is 8.28. The highest BCUT2D eigenvalue weighted by Gasteiger charge is 2.50. The predicted molar refractivity (Wildman–Crippen MR) is 168 cm³/mol. The third kappa shape index (κ3) is 5.60. The molecule has 2 aliphatic rings. The SMILES string of the molecule is C/C=C/N=C(/C=C/n1c(C)cc(C2C(C)C2c2cncc(Cl)c2)c(Cl)c1=O)c1cccc(N(C)C(=O)C2(C)CC2)c1F. The number of hydrogen-bond donors (Lipinski definition) is 0. The highest BCUT2D eigenvalue weighted by molar-refractivity contribution is 6.31. The Balaban J connectivity index is 1.47. The van der Waals surface area contributed by atoms with E-state index in [4.69, 9.17) is 23.2 Å². The van der Waals surface area contributed by atoms with Crippen molar-refractivity contribution in [2.75, 3.05) is 11.9 Å². The van der Waals surface area contributed by atoms with Gasteiger partial charge in [-0.1, -0.05) is 49.2 Å². The molecule has 2 saturated carbocycles. The fourth-order valence-electron chi connectivity index (χ4n) is 5.63. The van der Waals surface area contributed by atoms with E-state index in [1.54, 1.807) is 69.1 Å². The van der Waals surface area contributed by atoms with Gasteiger partial charge in [-0.25, -0.2) is 4.39 Å². The maximum Gasteiger partial charge on any atom is 0.273 e. The minimum atomic E-state index is -0.563. The van der Waals surface area contributed by atoms with Crippen molar-refractivity contribution in [3.63, 3.8) is 0 Å². The van der Waals surface area contributed by atoms with Crippen molar-refractivity contribution in [1.29, 1.82) is 0 Å². The predicted octanol–water partition coefficient (Wildman–Crippen LogP) is 7.77. The zero-order valence-corrected chi connectivity index (χ0v) is 25.7. The molecule has 3 aromatic rings. The number of halogens is 3. The molecule has 5 rings (SSSR count). The van der Waals surface area contributed by atoms with Gasteiger partial charge in [-0.05, 0) is 85.9 Å². The van der Waals surface area contributed by atoms with E-state index in [0.29, 0.717) is 16.4 Å². The maximum absolute atomic E-state index is 15.9. The molecule has 2 aromatic heterocycles. The van der Waals surface area contributed by atoms with Crippen LogP contribution in [0.15, 0.2) is 70.9 Å². The summed E-state index contributed by atoms with van der Waals surface area (Å²) in [4.78, 5) is 36.4. The largest absolute Gasteiger partial charge is 0.312 e. The van der Waals surface area contributed by atoms with Gasteiger partial charge in [0.1, 0.15) is 5.02 Å². The molecule has 3 atom stereocenters. The summed E-state index contributed by atoms with van der Waals surface area (Å²) in [5.41, 5.74) is 2.36. The lowest BCUT2D eigenvalue weighted by Gasteiger charge is -2.22. The highest BCUT2D eigenvalue weighted by atomic mass is 35.5. The van der Waals surface area contributed by atoms with E-state index >= 15 is 4.39 Å². The molecule has 9 heteroatoms. The van der Waals surface area contributed by atoms with Crippen molar-refractivity contribution < 1.29 is 9.18 Å². The molecule has 0 N–H and O–H groups in total. The first kappa shape index (κ1) is 29.9. The van der Waals surface area contributed by atoms with Crippen LogP contribution in [-0.4, -0.2) is 28.2 Å². The van der Waals surface area contributed by atoms with Crippen molar-refractivity contribution in [1.82, 2.24) is 9.55 Å². The first-order valence-electron chi connectivity index (χ1n) is 13.9. The number of carbonyl (C=O) groups excluding carboxylic acids is 1. The van der Waals surface area contributed by atoms with Crippen LogP contribution in [-0.2, 0) is 4.79 Å². The van der Waals surface area contributed by atoms with Crippen LogP contribution in [0.3, 0.4) is 0 Å². The molecule has 2 aliphatic carbocycles. The second-order valence-electron chi connectivity index (χ2n) is 11.5. The van der Waals surface area contributed by atoms with Crippen molar-refractivity contribution in [3.05, 3.63) is 110 Å². The van der Waals surface area contributed by atoms with Gasteiger partial charge in [0.05, 0.1) is 16.4 Å². The number of carbonyl (C=O) groups is 1. The van der Waals surface area contributed by atoms with Gasteiger partial charge in [-0.2, -0.15) is 0 Å². The van der Waals surface area contributed by atoms with E-state index in [2.05, 4.69) is 16.9 Å². The van der Waals surface area contributed by atoms with Crippen molar-refractivity contribution in [2.24, 2.45) is 16.3 Å². The zero-order chi connectivity index (χ0) is 30.3. The Hall–Kier alpha value is -3.55. The summed E-state index contributed by atoms with van der Waals surface area (Å²) in [6.07, 6.45) is 11.4. The van der Waals surface area contributed by atoms with Crippen LogP contribution in [0.1, 0.15) is 67.8 Å². The summed E-state index contributed by atoms with van der Waals surface area (Å²) in [6.45, 7) is 7.65. The summed E-state index contributed by atoms with van der Waals surface area (Å²) in [5.74, 6) is -0.162. The van der Waals surface area contributed by atoms with Crippen LogP contribution in [0.25, 0.3) is 6.20 Å². The molecule has 6 nitrogen and oxygen atoms in total. The average molecular weight is 608 g/mol. The normalized spacial score (nSPS) is 21.2. The van der Waals surface area contributed by atoms with Gasteiger partial charge in [0.2, 0.25) is 5.91 Å². The number of rotatable bonds is 8. The van der Waals surface area contributed by atoms with E-state index in [1.807, 2.05) is 26.0 Å². The number of amides is 1. The molecule has 2 fully saturated rings. The van der Waals surface area contributed by atoms with E-state index < -0.39 is 11.2 Å². The molecule has 1 aromatic carbocycles. The number of aliphatic imine (C=N–C) groups is 1. The Bertz CT molecular complexity index is 1710.